The molecule has 1 aromatic rings. The summed E-state index contributed by atoms with van der Waals surface area (Å²) in [5, 5.41) is 2.72. The quantitative estimate of drug-likeness (QED) is 0.786. The summed E-state index contributed by atoms with van der Waals surface area (Å²) in [6, 6.07) is 4.91. The smallest absolute Gasteiger partial charge is 0.256 e. The van der Waals surface area contributed by atoms with Crippen LogP contribution in [0.3, 0.4) is 0 Å². The third kappa shape index (κ3) is 4.11. The summed E-state index contributed by atoms with van der Waals surface area (Å²) in [5.41, 5.74) is 1.13. The number of anilines is 1. The molecule has 0 saturated carbocycles. The van der Waals surface area contributed by atoms with Gasteiger partial charge < -0.3 is 15.1 Å². The van der Waals surface area contributed by atoms with E-state index >= 15 is 0 Å². The zero-order valence-corrected chi connectivity index (χ0v) is 17.4. The predicted molar refractivity (Wildman–Crippen MR) is 109 cm³/mol. The van der Waals surface area contributed by atoms with E-state index in [0.717, 1.165) is 50.9 Å². The largest absolute Gasteiger partial charge is 0.371 e. The van der Waals surface area contributed by atoms with Crippen LogP contribution >= 0.6 is 0 Å². The number of amides is 2. The van der Waals surface area contributed by atoms with Gasteiger partial charge in [-0.2, -0.15) is 4.31 Å². The Balaban J connectivity index is 1.70. The molecule has 1 N–H and O–H groups in total. The summed E-state index contributed by atoms with van der Waals surface area (Å²) in [5.74, 6) is -0.471. The van der Waals surface area contributed by atoms with Gasteiger partial charge >= 0.3 is 0 Å². The SMILES string of the molecule is O=C1CN(C(=O)c2cc(S(=O)(=O)N3CCCCC3)ccc2N2CCCC2)CCN1. The maximum atomic E-state index is 13.3. The van der Waals surface area contributed by atoms with Crippen molar-refractivity contribution >= 4 is 27.5 Å². The van der Waals surface area contributed by atoms with Gasteiger partial charge in [0.25, 0.3) is 5.91 Å². The van der Waals surface area contributed by atoms with E-state index in [9.17, 15) is 18.0 Å². The van der Waals surface area contributed by atoms with Crippen molar-refractivity contribution in [2.24, 2.45) is 0 Å². The summed E-state index contributed by atoms with van der Waals surface area (Å²) in [7, 11) is -3.64. The molecule has 0 aliphatic carbocycles. The molecule has 3 fully saturated rings. The molecule has 3 aliphatic heterocycles. The van der Waals surface area contributed by atoms with Gasteiger partial charge in [-0.3, -0.25) is 9.59 Å². The molecule has 158 valence electrons. The summed E-state index contributed by atoms with van der Waals surface area (Å²) in [6.45, 7) is 3.57. The molecule has 8 nitrogen and oxygen atoms in total. The number of benzene rings is 1. The van der Waals surface area contributed by atoms with E-state index in [0.29, 0.717) is 31.7 Å². The van der Waals surface area contributed by atoms with Gasteiger partial charge in [0.15, 0.2) is 0 Å². The number of nitrogens with zero attached hydrogens (tertiary/aromatic N) is 3. The molecule has 0 unspecified atom stereocenters. The second-order valence-corrected chi connectivity index (χ2v) is 9.85. The Morgan fingerprint density at radius 2 is 1.62 bits per heavy atom. The van der Waals surface area contributed by atoms with Crippen molar-refractivity contribution in [2.75, 3.05) is 50.7 Å². The predicted octanol–water partition coefficient (Wildman–Crippen LogP) is 1.03. The minimum Gasteiger partial charge on any atom is -0.371 e. The number of hydrogen-bond donors (Lipinski definition) is 1. The van der Waals surface area contributed by atoms with Crippen molar-refractivity contribution in [1.29, 1.82) is 0 Å². The minimum absolute atomic E-state index is 0.00137. The maximum Gasteiger partial charge on any atom is 0.256 e. The fourth-order valence-corrected chi connectivity index (χ4v) is 5.86. The second-order valence-electron chi connectivity index (χ2n) is 7.91. The minimum atomic E-state index is -3.64. The number of carbonyl (C=O) groups is 2. The number of rotatable bonds is 4. The zero-order chi connectivity index (χ0) is 20.4. The van der Waals surface area contributed by atoms with Gasteiger partial charge in [0.05, 0.1) is 17.0 Å². The standard InChI is InChI=1S/C20H28N4O4S/c25-19-15-23(13-8-21-19)20(26)17-14-16(6-7-18(17)22-9-4-5-10-22)29(27,28)24-11-2-1-3-12-24/h6-7,14H,1-5,8-13,15H2,(H,21,25). The number of hydrogen-bond acceptors (Lipinski definition) is 5. The van der Waals surface area contributed by atoms with Crippen molar-refractivity contribution in [3.05, 3.63) is 23.8 Å². The van der Waals surface area contributed by atoms with E-state index in [1.807, 2.05) is 0 Å². The topological polar surface area (TPSA) is 90.0 Å². The third-order valence-corrected chi connectivity index (χ3v) is 7.82. The van der Waals surface area contributed by atoms with Crippen molar-refractivity contribution < 1.29 is 18.0 Å². The Morgan fingerprint density at radius 3 is 2.31 bits per heavy atom. The van der Waals surface area contributed by atoms with E-state index in [4.69, 9.17) is 0 Å². The van der Waals surface area contributed by atoms with Crippen LogP contribution < -0.4 is 10.2 Å². The molecule has 29 heavy (non-hydrogen) atoms. The van der Waals surface area contributed by atoms with Crippen molar-refractivity contribution in [2.45, 2.75) is 37.0 Å². The summed E-state index contributed by atoms with van der Waals surface area (Å²) >= 11 is 0. The van der Waals surface area contributed by atoms with E-state index in [1.54, 1.807) is 12.1 Å². The highest BCUT2D eigenvalue weighted by Crippen LogP contribution is 2.30. The number of carbonyl (C=O) groups excluding carboxylic acids is 2. The van der Waals surface area contributed by atoms with Crippen molar-refractivity contribution in [3.63, 3.8) is 0 Å². The highest BCUT2D eigenvalue weighted by Gasteiger charge is 2.31. The average molecular weight is 421 g/mol. The van der Waals surface area contributed by atoms with Crippen LogP contribution in [0, 0.1) is 0 Å². The molecule has 1 aromatic carbocycles. The van der Waals surface area contributed by atoms with Crippen LogP contribution in [0.1, 0.15) is 42.5 Å². The molecule has 4 rings (SSSR count). The Labute approximate surface area is 171 Å². The fourth-order valence-electron chi connectivity index (χ4n) is 4.32. The van der Waals surface area contributed by atoms with Gasteiger partial charge in [0, 0.05) is 45.0 Å². The van der Waals surface area contributed by atoms with Crippen LogP contribution in [0.2, 0.25) is 0 Å². The number of piperidine rings is 1. The van der Waals surface area contributed by atoms with Gasteiger partial charge in [-0.1, -0.05) is 6.42 Å². The molecule has 3 aliphatic rings. The van der Waals surface area contributed by atoms with Gasteiger partial charge in [-0.25, -0.2) is 8.42 Å². The fraction of sp³-hybridized carbons (Fsp3) is 0.600. The molecule has 3 saturated heterocycles. The summed E-state index contributed by atoms with van der Waals surface area (Å²) in [6.07, 6.45) is 4.86. The van der Waals surface area contributed by atoms with Crippen LogP contribution in [-0.4, -0.2) is 75.3 Å². The molecule has 0 radical (unpaired) electrons. The lowest BCUT2D eigenvalue weighted by molar-refractivity contribution is -0.123. The van der Waals surface area contributed by atoms with Crippen LogP contribution in [0.15, 0.2) is 23.1 Å². The number of piperazine rings is 1. The van der Waals surface area contributed by atoms with E-state index in [1.165, 1.54) is 15.3 Å². The third-order valence-electron chi connectivity index (χ3n) is 5.92. The Kier molecular flexibility index (Phi) is 5.78. The normalized spacial score (nSPS) is 21.3. The highest BCUT2D eigenvalue weighted by molar-refractivity contribution is 7.89. The summed E-state index contributed by atoms with van der Waals surface area (Å²) < 4.78 is 27.8. The van der Waals surface area contributed by atoms with Crippen molar-refractivity contribution in [1.82, 2.24) is 14.5 Å². The first kappa shape index (κ1) is 20.2. The lowest BCUT2D eigenvalue weighted by Crippen LogP contribution is -2.50. The molecule has 2 amide bonds. The van der Waals surface area contributed by atoms with Gasteiger partial charge in [-0.05, 0) is 43.9 Å². The monoisotopic (exact) mass is 420 g/mol. The number of sulfonamides is 1. The first-order valence-corrected chi connectivity index (χ1v) is 11.9. The van der Waals surface area contributed by atoms with E-state index in [2.05, 4.69) is 10.2 Å². The molecule has 0 spiro atoms. The maximum absolute atomic E-state index is 13.3. The highest BCUT2D eigenvalue weighted by atomic mass is 32.2. The molecular weight excluding hydrogens is 392 g/mol. The van der Waals surface area contributed by atoms with Crippen LogP contribution in [0.5, 0.6) is 0 Å². The van der Waals surface area contributed by atoms with Crippen LogP contribution in [-0.2, 0) is 14.8 Å². The Hall–Kier alpha value is -2.13. The van der Waals surface area contributed by atoms with Gasteiger partial charge in [0.1, 0.15) is 0 Å². The first-order valence-electron chi connectivity index (χ1n) is 10.4. The Morgan fingerprint density at radius 1 is 0.931 bits per heavy atom. The van der Waals surface area contributed by atoms with E-state index in [-0.39, 0.29) is 23.3 Å². The van der Waals surface area contributed by atoms with Crippen LogP contribution in [0.4, 0.5) is 5.69 Å². The second kappa shape index (κ2) is 8.31. The van der Waals surface area contributed by atoms with Crippen LogP contribution in [0.25, 0.3) is 0 Å². The molecule has 0 aromatic heterocycles. The van der Waals surface area contributed by atoms with E-state index < -0.39 is 10.0 Å². The van der Waals surface area contributed by atoms with Gasteiger partial charge in [-0.15, -0.1) is 0 Å². The molecule has 0 atom stereocenters. The molecule has 0 bridgehead atoms. The van der Waals surface area contributed by atoms with Crippen molar-refractivity contribution in [3.8, 4) is 0 Å². The average Bonchev–Trinajstić information content (AvgIpc) is 3.28. The van der Waals surface area contributed by atoms with Gasteiger partial charge in [0.2, 0.25) is 15.9 Å². The molecule has 3 heterocycles. The zero-order valence-electron chi connectivity index (χ0n) is 16.6. The lowest BCUT2D eigenvalue weighted by Gasteiger charge is -2.30. The lowest BCUT2D eigenvalue weighted by atomic mass is 10.1. The molecular formula is C20H28N4O4S. The molecule has 9 heteroatoms. The Bertz CT molecular complexity index is 890. The first-order chi connectivity index (χ1) is 14.0. The number of nitrogens with one attached hydrogen (secondary N) is 1. The summed E-state index contributed by atoms with van der Waals surface area (Å²) in [4.78, 5) is 28.9.